The van der Waals surface area contributed by atoms with Crippen LogP contribution in [0.15, 0.2) is 18.2 Å². The highest BCUT2D eigenvalue weighted by molar-refractivity contribution is 6.31. The van der Waals surface area contributed by atoms with Gasteiger partial charge in [-0.3, -0.25) is 9.69 Å². The molecule has 2 atom stereocenters. The van der Waals surface area contributed by atoms with E-state index in [1.807, 2.05) is 6.07 Å². The molecule has 1 aromatic carbocycles. The number of halogens is 1. The number of nitrogens with two attached hydrogens (primary N) is 2. The van der Waals surface area contributed by atoms with E-state index in [-0.39, 0.29) is 0 Å². The molecule has 1 amide bonds. The summed E-state index contributed by atoms with van der Waals surface area (Å²) in [6, 6.07) is 5.78. The summed E-state index contributed by atoms with van der Waals surface area (Å²) in [7, 11) is 2.12. The molecular weight excluding hydrogens is 286 g/mol. The van der Waals surface area contributed by atoms with E-state index >= 15 is 0 Å². The van der Waals surface area contributed by atoms with Crippen molar-refractivity contribution in [1.29, 1.82) is 0 Å². The highest BCUT2D eigenvalue weighted by atomic mass is 35.5. The van der Waals surface area contributed by atoms with Crippen LogP contribution in [-0.4, -0.2) is 30.4 Å². The molecule has 0 aromatic heterocycles. The van der Waals surface area contributed by atoms with Gasteiger partial charge in [-0.25, -0.2) is 0 Å². The van der Waals surface area contributed by atoms with Gasteiger partial charge >= 0.3 is 0 Å². The fourth-order valence-electron chi connectivity index (χ4n) is 3.26. The molecule has 2 unspecified atom stereocenters. The van der Waals surface area contributed by atoms with Crippen LogP contribution in [0.4, 0.5) is 0 Å². The average molecular weight is 310 g/mol. The third-order valence-corrected chi connectivity index (χ3v) is 4.85. The number of carbonyl (C=O) groups excluding carboxylic acids is 1. The molecule has 1 fully saturated rings. The SMILES string of the molecule is CN(Cc1ccc(C(N)=O)cc1Cl)C1CCCCC1CN. The molecule has 0 bridgehead atoms. The van der Waals surface area contributed by atoms with E-state index in [2.05, 4.69) is 11.9 Å². The molecule has 4 nitrogen and oxygen atoms in total. The predicted octanol–water partition coefficient (Wildman–Crippen LogP) is 2.39. The lowest BCUT2D eigenvalue weighted by atomic mass is 9.83. The van der Waals surface area contributed by atoms with Gasteiger partial charge in [0.15, 0.2) is 0 Å². The molecule has 0 saturated heterocycles. The second-order valence-electron chi connectivity index (χ2n) is 5.93. The molecule has 1 aliphatic carbocycles. The van der Waals surface area contributed by atoms with E-state index in [0.717, 1.165) is 18.7 Å². The molecule has 1 saturated carbocycles. The van der Waals surface area contributed by atoms with E-state index in [1.54, 1.807) is 12.1 Å². The highest BCUT2D eigenvalue weighted by Gasteiger charge is 2.27. The van der Waals surface area contributed by atoms with Crippen molar-refractivity contribution in [3.63, 3.8) is 0 Å². The van der Waals surface area contributed by atoms with Crippen molar-refractivity contribution in [3.8, 4) is 0 Å². The van der Waals surface area contributed by atoms with Gasteiger partial charge in [-0.05, 0) is 50.0 Å². The first-order valence-corrected chi connectivity index (χ1v) is 7.89. The summed E-state index contributed by atoms with van der Waals surface area (Å²) in [5, 5.41) is 0.596. The van der Waals surface area contributed by atoms with Crippen LogP contribution in [0.2, 0.25) is 5.02 Å². The number of hydrogen-bond acceptors (Lipinski definition) is 3. The van der Waals surface area contributed by atoms with Crippen molar-refractivity contribution >= 4 is 17.5 Å². The molecule has 1 aromatic rings. The van der Waals surface area contributed by atoms with Crippen molar-refractivity contribution < 1.29 is 4.79 Å². The Bertz CT molecular complexity index is 506. The second kappa shape index (κ2) is 7.25. The largest absolute Gasteiger partial charge is 0.366 e. The van der Waals surface area contributed by atoms with Crippen LogP contribution < -0.4 is 11.5 Å². The van der Waals surface area contributed by atoms with Crippen LogP contribution in [-0.2, 0) is 6.54 Å². The molecule has 2 rings (SSSR count). The van der Waals surface area contributed by atoms with Crippen LogP contribution in [0.3, 0.4) is 0 Å². The van der Waals surface area contributed by atoms with Gasteiger partial charge in [0, 0.05) is 23.2 Å². The van der Waals surface area contributed by atoms with Crippen LogP contribution in [0.25, 0.3) is 0 Å². The molecule has 4 N–H and O–H groups in total. The van der Waals surface area contributed by atoms with Crippen LogP contribution >= 0.6 is 11.6 Å². The Balaban J connectivity index is 2.08. The van der Waals surface area contributed by atoms with E-state index < -0.39 is 5.91 Å². The van der Waals surface area contributed by atoms with Gasteiger partial charge in [-0.2, -0.15) is 0 Å². The summed E-state index contributed by atoms with van der Waals surface area (Å²) in [5.74, 6) is 0.111. The van der Waals surface area contributed by atoms with Crippen molar-refractivity contribution in [2.45, 2.75) is 38.3 Å². The Morgan fingerprint density at radius 3 is 2.71 bits per heavy atom. The minimum Gasteiger partial charge on any atom is -0.366 e. The fourth-order valence-corrected chi connectivity index (χ4v) is 3.50. The first-order chi connectivity index (χ1) is 10.0. The molecule has 0 spiro atoms. The lowest BCUT2D eigenvalue weighted by Gasteiger charge is -2.37. The van der Waals surface area contributed by atoms with Crippen LogP contribution in [0.1, 0.15) is 41.6 Å². The van der Waals surface area contributed by atoms with Gasteiger partial charge in [-0.1, -0.05) is 30.5 Å². The molecule has 116 valence electrons. The zero-order valence-corrected chi connectivity index (χ0v) is 13.3. The summed E-state index contributed by atoms with van der Waals surface area (Å²) in [5.41, 5.74) is 12.6. The lowest BCUT2D eigenvalue weighted by Crippen LogP contribution is -2.42. The van der Waals surface area contributed by atoms with Gasteiger partial charge in [0.1, 0.15) is 0 Å². The molecule has 0 radical (unpaired) electrons. The summed E-state index contributed by atoms with van der Waals surface area (Å²) >= 11 is 6.27. The molecular formula is C16H24ClN3O. The molecule has 0 heterocycles. The quantitative estimate of drug-likeness (QED) is 0.877. The standard InChI is InChI=1S/C16H24ClN3O/c1-20(15-5-3-2-4-12(15)9-18)10-13-7-6-11(16(19)21)8-14(13)17/h6-8,12,15H,2-5,9-10,18H2,1H3,(H2,19,21). The minimum atomic E-state index is -0.452. The number of rotatable bonds is 5. The third-order valence-electron chi connectivity index (χ3n) is 4.50. The van der Waals surface area contributed by atoms with Gasteiger partial charge in [0.2, 0.25) is 5.91 Å². The predicted molar refractivity (Wildman–Crippen MR) is 86.2 cm³/mol. The van der Waals surface area contributed by atoms with Gasteiger partial charge in [0.25, 0.3) is 0 Å². The summed E-state index contributed by atoms with van der Waals surface area (Å²) in [6.07, 6.45) is 4.94. The first-order valence-electron chi connectivity index (χ1n) is 7.51. The van der Waals surface area contributed by atoms with E-state index in [9.17, 15) is 4.79 Å². The Morgan fingerprint density at radius 1 is 1.38 bits per heavy atom. The van der Waals surface area contributed by atoms with Crippen molar-refractivity contribution in [1.82, 2.24) is 4.90 Å². The maximum absolute atomic E-state index is 11.2. The van der Waals surface area contributed by atoms with Crippen LogP contribution in [0, 0.1) is 5.92 Å². The Labute approximate surface area is 131 Å². The first kappa shape index (κ1) is 16.3. The smallest absolute Gasteiger partial charge is 0.248 e. The monoisotopic (exact) mass is 309 g/mol. The zero-order valence-electron chi connectivity index (χ0n) is 12.5. The summed E-state index contributed by atoms with van der Waals surface area (Å²) in [4.78, 5) is 13.5. The fraction of sp³-hybridized carbons (Fsp3) is 0.562. The Morgan fingerprint density at radius 2 is 2.10 bits per heavy atom. The van der Waals surface area contributed by atoms with E-state index in [0.29, 0.717) is 22.5 Å². The maximum atomic E-state index is 11.2. The van der Waals surface area contributed by atoms with Crippen molar-refractivity contribution in [2.24, 2.45) is 17.4 Å². The Hall–Kier alpha value is -1.10. The number of amides is 1. The van der Waals surface area contributed by atoms with Gasteiger partial charge < -0.3 is 11.5 Å². The summed E-state index contributed by atoms with van der Waals surface area (Å²) in [6.45, 7) is 1.50. The van der Waals surface area contributed by atoms with Crippen LogP contribution in [0.5, 0.6) is 0 Å². The number of hydrogen-bond donors (Lipinski definition) is 2. The number of primary amides is 1. The molecule has 21 heavy (non-hydrogen) atoms. The Kier molecular flexibility index (Phi) is 5.62. The number of nitrogens with zero attached hydrogens (tertiary/aromatic N) is 1. The summed E-state index contributed by atoms with van der Waals surface area (Å²) < 4.78 is 0. The number of benzene rings is 1. The van der Waals surface area contributed by atoms with Crippen molar-refractivity contribution in [3.05, 3.63) is 34.3 Å². The topological polar surface area (TPSA) is 72.3 Å². The lowest BCUT2D eigenvalue weighted by molar-refractivity contribution is 0.1000. The number of carbonyl (C=O) groups is 1. The minimum absolute atomic E-state index is 0.448. The highest BCUT2D eigenvalue weighted by Crippen LogP contribution is 2.29. The molecule has 0 aliphatic heterocycles. The van der Waals surface area contributed by atoms with E-state index in [4.69, 9.17) is 23.1 Å². The maximum Gasteiger partial charge on any atom is 0.248 e. The average Bonchev–Trinajstić information content (AvgIpc) is 2.48. The second-order valence-corrected chi connectivity index (χ2v) is 6.34. The van der Waals surface area contributed by atoms with E-state index in [1.165, 1.54) is 25.7 Å². The molecule has 5 heteroatoms. The van der Waals surface area contributed by atoms with Crippen molar-refractivity contribution in [2.75, 3.05) is 13.6 Å². The zero-order chi connectivity index (χ0) is 15.4. The van der Waals surface area contributed by atoms with Gasteiger partial charge in [0.05, 0.1) is 0 Å². The van der Waals surface area contributed by atoms with Gasteiger partial charge in [-0.15, -0.1) is 0 Å². The molecule has 1 aliphatic rings. The third kappa shape index (κ3) is 3.96. The normalized spacial score (nSPS) is 22.5.